The number of hydrogen-bond acceptors (Lipinski definition) is 3. The lowest BCUT2D eigenvalue weighted by Gasteiger charge is -2.34. The number of amides is 1. The van der Waals surface area contributed by atoms with E-state index in [1.807, 2.05) is 12.3 Å². The third-order valence-corrected chi connectivity index (χ3v) is 5.09. The van der Waals surface area contributed by atoms with Gasteiger partial charge >= 0.3 is 0 Å². The lowest BCUT2D eigenvalue weighted by atomic mass is 9.85. The minimum Gasteiger partial charge on any atom is -0.349 e. The quantitative estimate of drug-likeness (QED) is 0.841. The number of hydrogen-bond donors (Lipinski definition) is 1. The predicted molar refractivity (Wildman–Crippen MR) is 103 cm³/mol. The summed E-state index contributed by atoms with van der Waals surface area (Å²) in [5.74, 6) is 0.695. The number of pyridine rings is 1. The van der Waals surface area contributed by atoms with E-state index in [4.69, 9.17) is 0 Å². The van der Waals surface area contributed by atoms with Crippen LogP contribution in [0.15, 0.2) is 24.5 Å². The molecule has 1 aliphatic rings. The Morgan fingerprint density at radius 1 is 1.32 bits per heavy atom. The Morgan fingerprint density at radius 3 is 2.52 bits per heavy atom. The van der Waals surface area contributed by atoms with Crippen molar-refractivity contribution in [2.24, 2.45) is 11.3 Å². The fourth-order valence-electron chi connectivity index (χ4n) is 3.64. The van der Waals surface area contributed by atoms with Gasteiger partial charge in [-0.1, -0.05) is 26.8 Å². The van der Waals surface area contributed by atoms with E-state index in [0.29, 0.717) is 18.4 Å². The van der Waals surface area contributed by atoms with Gasteiger partial charge in [0.2, 0.25) is 5.91 Å². The Bertz CT molecular complexity index is 528. The van der Waals surface area contributed by atoms with Gasteiger partial charge in [-0.3, -0.25) is 9.78 Å². The van der Waals surface area contributed by atoms with Crippen LogP contribution in [0.2, 0.25) is 0 Å². The van der Waals surface area contributed by atoms with Crippen molar-refractivity contribution < 1.29 is 4.79 Å². The first-order valence-corrected chi connectivity index (χ1v) is 9.68. The summed E-state index contributed by atoms with van der Waals surface area (Å²) in [6, 6.07) is 4.65. The molecule has 1 fully saturated rings. The number of aromatic nitrogens is 1. The Kier molecular flexibility index (Phi) is 7.00. The molecular formula is C21H35N3O. The molecule has 1 amide bonds. The minimum atomic E-state index is 0.0388. The van der Waals surface area contributed by atoms with Crippen molar-refractivity contribution >= 4 is 5.91 Å². The number of nitrogens with one attached hydrogen (secondary N) is 1. The summed E-state index contributed by atoms with van der Waals surface area (Å²) in [6.45, 7) is 13.4. The topological polar surface area (TPSA) is 45.2 Å². The van der Waals surface area contributed by atoms with E-state index in [1.54, 1.807) is 6.20 Å². The Labute approximate surface area is 153 Å². The van der Waals surface area contributed by atoms with Crippen LogP contribution in [-0.2, 0) is 4.79 Å². The molecule has 2 heterocycles. The van der Waals surface area contributed by atoms with E-state index in [2.05, 4.69) is 55.9 Å². The highest BCUT2D eigenvalue weighted by Crippen LogP contribution is 2.30. The fourth-order valence-corrected chi connectivity index (χ4v) is 3.64. The Hall–Kier alpha value is -1.42. The molecular weight excluding hydrogens is 310 g/mol. The van der Waals surface area contributed by atoms with Crippen molar-refractivity contribution in [2.45, 2.75) is 72.4 Å². The number of nitrogens with zero attached hydrogens (tertiary/aromatic N) is 2. The lowest BCUT2D eigenvalue weighted by Crippen LogP contribution is -2.40. The number of carbonyl (C=O) groups is 1. The zero-order valence-corrected chi connectivity index (χ0v) is 16.6. The molecule has 0 bridgehead atoms. The molecule has 2 rings (SSSR count). The number of likely N-dealkylation sites (tertiary alicyclic amines) is 1. The van der Waals surface area contributed by atoms with E-state index in [1.165, 1.54) is 0 Å². The second-order valence-corrected chi connectivity index (χ2v) is 8.95. The maximum Gasteiger partial charge on any atom is 0.220 e. The smallest absolute Gasteiger partial charge is 0.220 e. The summed E-state index contributed by atoms with van der Waals surface area (Å²) in [5.41, 5.74) is 1.25. The molecule has 1 aromatic heterocycles. The van der Waals surface area contributed by atoms with Crippen molar-refractivity contribution in [1.82, 2.24) is 15.2 Å². The number of rotatable bonds is 6. The SMILES string of the molecule is CC(C)N1CCC(CC(=O)N[C@@H](CC(C)(C)C)c2cccnc2)CC1. The van der Waals surface area contributed by atoms with Gasteiger partial charge in [0.1, 0.15) is 0 Å². The van der Waals surface area contributed by atoms with Crippen molar-refractivity contribution in [3.63, 3.8) is 0 Å². The Morgan fingerprint density at radius 2 is 2.00 bits per heavy atom. The molecule has 1 aromatic rings. The van der Waals surface area contributed by atoms with Crippen LogP contribution in [0.5, 0.6) is 0 Å². The summed E-state index contributed by atoms with van der Waals surface area (Å²) < 4.78 is 0. The van der Waals surface area contributed by atoms with Gasteiger partial charge in [0.15, 0.2) is 0 Å². The zero-order valence-electron chi connectivity index (χ0n) is 16.6. The molecule has 0 unspecified atom stereocenters. The van der Waals surface area contributed by atoms with Gasteiger partial charge in [0.25, 0.3) is 0 Å². The van der Waals surface area contributed by atoms with Crippen LogP contribution in [0.25, 0.3) is 0 Å². The highest BCUT2D eigenvalue weighted by atomic mass is 16.1. The highest BCUT2D eigenvalue weighted by molar-refractivity contribution is 5.76. The largest absolute Gasteiger partial charge is 0.349 e. The molecule has 140 valence electrons. The molecule has 4 heteroatoms. The van der Waals surface area contributed by atoms with Crippen LogP contribution in [0.3, 0.4) is 0 Å². The molecule has 0 aromatic carbocycles. The van der Waals surface area contributed by atoms with E-state index in [9.17, 15) is 4.79 Å². The lowest BCUT2D eigenvalue weighted by molar-refractivity contribution is -0.123. The van der Waals surface area contributed by atoms with Crippen molar-refractivity contribution in [3.8, 4) is 0 Å². The maximum absolute atomic E-state index is 12.7. The van der Waals surface area contributed by atoms with Crippen LogP contribution in [0.4, 0.5) is 0 Å². The zero-order chi connectivity index (χ0) is 18.4. The molecule has 0 radical (unpaired) electrons. The third kappa shape index (κ3) is 6.77. The molecule has 1 atom stereocenters. The summed E-state index contributed by atoms with van der Waals surface area (Å²) in [7, 11) is 0. The van der Waals surface area contributed by atoms with Crippen molar-refractivity contribution in [1.29, 1.82) is 0 Å². The van der Waals surface area contributed by atoms with Gasteiger partial charge in [-0.05, 0) is 69.2 Å². The summed E-state index contributed by atoms with van der Waals surface area (Å²) in [6.07, 6.45) is 7.47. The monoisotopic (exact) mass is 345 g/mol. The second-order valence-electron chi connectivity index (χ2n) is 8.95. The summed E-state index contributed by atoms with van der Waals surface area (Å²) >= 11 is 0. The molecule has 0 spiro atoms. The standard InChI is InChI=1S/C21H35N3O/c1-16(2)24-11-8-17(9-12-24)13-20(25)23-19(14-21(3,4)5)18-7-6-10-22-15-18/h6-7,10,15-17,19H,8-9,11-14H2,1-5H3,(H,23,25)/t19-/m0/s1. The van der Waals surface area contributed by atoms with Crippen molar-refractivity contribution in [3.05, 3.63) is 30.1 Å². The molecule has 0 aliphatic carbocycles. The molecule has 0 saturated carbocycles. The van der Waals surface area contributed by atoms with Crippen LogP contribution in [0.1, 0.15) is 71.9 Å². The first-order valence-electron chi connectivity index (χ1n) is 9.68. The van der Waals surface area contributed by atoms with Crippen LogP contribution < -0.4 is 5.32 Å². The highest BCUT2D eigenvalue weighted by Gasteiger charge is 2.26. The second kappa shape index (κ2) is 8.79. The molecule has 1 aliphatic heterocycles. The normalized spacial score (nSPS) is 18.3. The maximum atomic E-state index is 12.7. The third-order valence-electron chi connectivity index (χ3n) is 5.09. The molecule has 1 N–H and O–H groups in total. The Balaban J connectivity index is 1.91. The molecule has 4 nitrogen and oxygen atoms in total. The average molecular weight is 346 g/mol. The van der Waals surface area contributed by atoms with E-state index < -0.39 is 0 Å². The van der Waals surface area contributed by atoms with Crippen LogP contribution in [-0.4, -0.2) is 34.9 Å². The van der Waals surface area contributed by atoms with Gasteiger partial charge < -0.3 is 10.2 Å². The average Bonchev–Trinajstić information content (AvgIpc) is 2.54. The molecule has 1 saturated heterocycles. The van der Waals surface area contributed by atoms with Gasteiger partial charge in [0, 0.05) is 24.9 Å². The van der Waals surface area contributed by atoms with E-state index in [0.717, 1.165) is 37.9 Å². The van der Waals surface area contributed by atoms with E-state index in [-0.39, 0.29) is 17.4 Å². The van der Waals surface area contributed by atoms with Gasteiger partial charge in [0.05, 0.1) is 6.04 Å². The summed E-state index contributed by atoms with van der Waals surface area (Å²) in [4.78, 5) is 19.4. The minimum absolute atomic E-state index is 0.0388. The van der Waals surface area contributed by atoms with Gasteiger partial charge in [-0.15, -0.1) is 0 Å². The van der Waals surface area contributed by atoms with Crippen LogP contribution in [0, 0.1) is 11.3 Å². The first kappa shape index (κ1) is 19.9. The fraction of sp³-hybridized carbons (Fsp3) is 0.714. The van der Waals surface area contributed by atoms with Gasteiger partial charge in [-0.2, -0.15) is 0 Å². The van der Waals surface area contributed by atoms with Crippen molar-refractivity contribution in [2.75, 3.05) is 13.1 Å². The van der Waals surface area contributed by atoms with Crippen LogP contribution >= 0.6 is 0 Å². The predicted octanol–water partition coefficient (Wildman–Crippen LogP) is 4.19. The summed E-state index contributed by atoms with van der Waals surface area (Å²) in [5, 5.41) is 3.28. The number of carbonyl (C=O) groups excluding carboxylic acids is 1. The number of piperidine rings is 1. The first-order chi connectivity index (χ1) is 11.7. The molecule has 25 heavy (non-hydrogen) atoms. The van der Waals surface area contributed by atoms with Gasteiger partial charge in [-0.25, -0.2) is 0 Å². The van der Waals surface area contributed by atoms with E-state index >= 15 is 0 Å².